The van der Waals surface area contributed by atoms with Gasteiger partial charge in [0, 0.05) is 30.8 Å². The molecule has 3 rings (SSSR count). The fourth-order valence-corrected chi connectivity index (χ4v) is 3.13. The molecule has 0 radical (unpaired) electrons. The average molecular weight is 294 g/mol. The van der Waals surface area contributed by atoms with Gasteiger partial charge in [0.2, 0.25) is 0 Å². The fourth-order valence-electron chi connectivity index (χ4n) is 3.13. The van der Waals surface area contributed by atoms with Crippen LogP contribution in [0.5, 0.6) is 0 Å². The van der Waals surface area contributed by atoms with Crippen molar-refractivity contribution in [3.63, 3.8) is 0 Å². The summed E-state index contributed by atoms with van der Waals surface area (Å²) in [6, 6.07) is 16.3. The number of hydrogen-bond donors (Lipinski definition) is 0. The SMILES string of the molecule is CN1CCCN(c2c(C=O)cccc2-c2ccccc2)CC1. The van der Waals surface area contributed by atoms with Gasteiger partial charge in [0.15, 0.2) is 6.29 Å². The van der Waals surface area contributed by atoms with Crippen molar-refractivity contribution in [2.24, 2.45) is 0 Å². The summed E-state index contributed by atoms with van der Waals surface area (Å²) in [6.45, 7) is 4.10. The van der Waals surface area contributed by atoms with Gasteiger partial charge in [0.1, 0.15) is 0 Å². The van der Waals surface area contributed by atoms with Gasteiger partial charge in [-0.05, 0) is 31.6 Å². The van der Waals surface area contributed by atoms with Crippen molar-refractivity contribution < 1.29 is 4.79 Å². The van der Waals surface area contributed by atoms with E-state index in [2.05, 4.69) is 35.0 Å². The Morgan fingerprint density at radius 3 is 2.50 bits per heavy atom. The van der Waals surface area contributed by atoms with Gasteiger partial charge in [0.25, 0.3) is 0 Å². The molecule has 22 heavy (non-hydrogen) atoms. The summed E-state index contributed by atoms with van der Waals surface area (Å²) in [7, 11) is 2.16. The molecule has 0 aromatic heterocycles. The highest BCUT2D eigenvalue weighted by molar-refractivity contribution is 5.93. The monoisotopic (exact) mass is 294 g/mol. The molecule has 0 amide bonds. The third-order valence-corrected chi connectivity index (χ3v) is 4.31. The van der Waals surface area contributed by atoms with Crippen LogP contribution in [0.4, 0.5) is 5.69 Å². The Labute approximate surface area is 132 Å². The maximum atomic E-state index is 11.6. The van der Waals surface area contributed by atoms with Gasteiger partial charge >= 0.3 is 0 Å². The fraction of sp³-hybridized carbons (Fsp3) is 0.316. The molecule has 1 saturated heterocycles. The van der Waals surface area contributed by atoms with Crippen molar-refractivity contribution in [3.8, 4) is 11.1 Å². The maximum Gasteiger partial charge on any atom is 0.152 e. The van der Waals surface area contributed by atoms with Gasteiger partial charge in [-0.2, -0.15) is 0 Å². The molecule has 0 aliphatic carbocycles. The molecule has 3 nitrogen and oxygen atoms in total. The number of carbonyl (C=O) groups excluding carboxylic acids is 1. The number of hydrogen-bond acceptors (Lipinski definition) is 3. The van der Waals surface area contributed by atoms with Crippen LogP contribution in [0.3, 0.4) is 0 Å². The lowest BCUT2D eigenvalue weighted by Gasteiger charge is -2.27. The third-order valence-electron chi connectivity index (χ3n) is 4.31. The van der Waals surface area contributed by atoms with E-state index in [1.54, 1.807) is 0 Å². The van der Waals surface area contributed by atoms with Crippen LogP contribution in [0.1, 0.15) is 16.8 Å². The zero-order chi connectivity index (χ0) is 15.4. The lowest BCUT2D eigenvalue weighted by molar-refractivity contribution is 0.112. The van der Waals surface area contributed by atoms with Crippen molar-refractivity contribution in [2.75, 3.05) is 38.1 Å². The number of anilines is 1. The van der Waals surface area contributed by atoms with Crippen molar-refractivity contribution in [1.82, 2.24) is 4.90 Å². The molecule has 114 valence electrons. The summed E-state index contributed by atoms with van der Waals surface area (Å²) in [5.41, 5.74) is 4.18. The molecule has 1 heterocycles. The predicted molar refractivity (Wildman–Crippen MR) is 91.6 cm³/mol. The van der Waals surface area contributed by atoms with Crippen LogP contribution in [-0.4, -0.2) is 44.4 Å². The Morgan fingerprint density at radius 1 is 0.909 bits per heavy atom. The van der Waals surface area contributed by atoms with Crippen molar-refractivity contribution >= 4 is 12.0 Å². The minimum absolute atomic E-state index is 0.783. The first-order chi connectivity index (χ1) is 10.8. The van der Waals surface area contributed by atoms with Crippen molar-refractivity contribution in [2.45, 2.75) is 6.42 Å². The first kappa shape index (κ1) is 14.8. The number of nitrogens with zero attached hydrogens (tertiary/aromatic N) is 2. The zero-order valence-electron chi connectivity index (χ0n) is 13.0. The number of benzene rings is 2. The molecule has 1 aliphatic heterocycles. The van der Waals surface area contributed by atoms with E-state index in [1.165, 1.54) is 5.56 Å². The molecule has 2 aromatic carbocycles. The Morgan fingerprint density at radius 2 is 1.73 bits per heavy atom. The Hall–Kier alpha value is -2.13. The summed E-state index contributed by atoms with van der Waals surface area (Å²) < 4.78 is 0. The molecule has 2 aromatic rings. The normalized spacial score (nSPS) is 16.3. The second kappa shape index (κ2) is 6.75. The van der Waals surface area contributed by atoms with Crippen LogP contribution in [0.25, 0.3) is 11.1 Å². The number of carbonyl (C=O) groups is 1. The van der Waals surface area contributed by atoms with Gasteiger partial charge in [0.05, 0.1) is 5.69 Å². The Bertz CT molecular complexity index is 639. The van der Waals surface area contributed by atoms with E-state index in [1.807, 2.05) is 30.3 Å². The summed E-state index contributed by atoms with van der Waals surface area (Å²) in [6.07, 6.45) is 2.11. The van der Waals surface area contributed by atoms with Crippen LogP contribution in [-0.2, 0) is 0 Å². The molecule has 0 saturated carbocycles. The molecule has 0 atom stereocenters. The summed E-state index contributed by atoms with van der Waals surface area (Å²) >= 11 is 0. The van der Waals surface area contributed by atoms with Crippen molar-refractivity contribution in [1.29, 1.82) is 0 Å². The lowest BCUT2D eigenvalue weighted by atomic mass is 9.99. The highest BCUT2D eigenvalue weighted by atomic mass is 16.1. The molecule has 1 aliphatic rings. The van der Waals surface area contributed by atoms with Crippen molar-refractivity contribution in [3.05, 3.63) is 54.1 Å². The number of para-hydroxylation sites is 1. The lowest BCUT2D eigenvalue weighted by Crippen LogP contribution is -2.29. The van der Waals surface area contributed by atoms with E-state index >= 15 is 0 Å². The molecule has 0 spiro atoms. The standard InChI is InChI=1S/C19H22N2O/c1-20-11-6-12-21(14-13-20)19-17(15-22)9-5-10-18(19)16-7-3-2-4-8-16/h2-5,7-10,15H,6,11-14H2,1H3. The topological polar surface area (TPSA) is 23.6 Å². The quantitative estimate of drug-likeness (QED) is 0.811. The molecule has 1 fully saturated rings. The largest absolute Gasteiger partial charge is 0.369 e. The predicted octanol–water partition coefficient (Wildman–Crippen LogP) is 3.31. The van der Waals surface area contributed by atoms with Crippen LogP contribution in [0.2, 0.25) is 0 Å². The van der Waals surface area contributed by atoms with E-state index in [0.29, 0.717) is 0 Å². The van der Waals surface area contributed by atoms with Gasteiger partial charge < -0.3 is 9.80 Å². The summed E-state index contributed by atoms with van der Waals surface area (Å²) in [5.74, 6) is 0. The molecule has 0 unspecified atom stereocenters. The summed E-state index contributed by atoms with van der Waals surface area (Å²) in [4.78, 5) is 16.3. The van der Waals surface area contributed by atoms with Gasteiger partial charge in [-0.3, -0.25) is 4.79 Å². The van der Waals surface area contributed by atoms with Gasteiger partial charge in [-0.25, -0.2) is 0 Å². The average Bonchev–Trinajstić information content (AvgIpc) is 2.79. The Balaban J connectivity index is 2.06. The number of rotatable bonds is 3. The van der Waals surface area contributed by atoms with Crippen LogP contribution >= 0.6 is 0 Å². The molecule has 0 bridgehead atoms. The maximum absolute atomic E-state index is 11.6. The van der Waals surface area contributed by atoms with E-state index < -0.39 is 0 Å². The van der Waals surface area contributed by atoms with E-state index in [-0.39, 0.29) is 0 Å². The van der Waals surface area contributed by atoms with E-state index in [0.717, 1.165) is 55.7 Å². The van der Waals surface area contributed by atoms with E-state index in [9.17, 15) is 4.79 Å². The highest BCUT2D eigenvalue weighted by Crippen LogP contribution is 2.34. The first-order valence-electron chi connectivity index (χ1n) is 7.86. The van der Waals surface area contributed by atoms with Crippen LogP contribution < -0.4 is 4.90 Å². The zero-order valence-corrected chi connectivity index (χ0v) is 13.0. The highest BCUT2D eigenvalue weighted by Gasteiger charge is 2.19. The molecular formula is C19H22N2O. The number of aldehydes is 1. The van der Waals surface area contributed by atoms with Crippen LogP contribution in [0, 0.1) is 0 Å². The van der Waals surface area contributed by atoms with E-state index in [4.69, 9.17) is 0 Å². The second-order valence-electron chi connectivity index (χ2n) is 5.87. The molecule has 3 heteroatoms. The second-order valence-corrected chi connectivity index (χ2v) is 5.87. The number of likely N-dealkylation sites (N-methyl/N-ethyl adjacent to an activating group) is 1. The van der Waals surface area contributed by atoms with Gasteiger partial charge in [-0.15, -0.1) is 0 Å². The van der Waals surface area contributed by atoms with Gasteiger partial charge in [-0.1, -0.05) is 42.5 Å². The van der Waals surface area contributed by atoms with Crippen LogP contribution in [0.15, 0.2) is 48.5 Å². The first-order valence-corrected chi connectivity index (χ1v) is 7.86. The minimum atomic E-state index is 0.783. The molecule has 0 N–H and O–H groups in total. The molecular weight excluding hydrogens is 272 g/mol. The smallest absolute Gasteiger partial charge is 0.152 e. The minimum Gasteiger partial charge on any atom is -0.369 e. The third kappa shape index (κ3) is 3.04. The summed E-state index contributed by atoms with van der Waals surface area (Å²) in [5, 5.41) is 0. The Kier molecular flexibility index (Phi) is 4.54.